The maximum absolute atomic E-state index is 12.9. The molecule has 1 aliphatic rings. The Morgan fingerprint density at radius 1 is 1.19 bits per heavy atom. The van der Waals surface area contributed by atoms with Crippen LogP contribution in [-0.4, -0.2) is 52.7 Å². The number of benzene rings is 1. The fourth-order valence-electron chi connectivity index (χ4n) is 2.47. The Kier molecular flexibility index (Phi) is 5.12. The smallest absolute Gasteiger partial charge is 0.352 e. The fourth-order valence-corrected chi connectivity index (χ4v) is 2.64. The molecule has 0 aliphatic carbocycles. The summed E-state index contributed by atoms with van der Waals surface area (Å²) in [7, 11) is 0. The standard InChI is InChI=1S/C15H14ClF3N6O/c16-11-2-1-10(15(17,18)19)7-12(11)21-14-22-13(8-20-23-14)25-5-3-24(9-26)4-6-25/h1-2,7-9H,3-6H2,(H,21,22,23). The number of carbonyl (C=O) groups is 1. The molecule has 0 spiro atoms. The van der Waals surface area contributed by atoms with Gasteiger partial charge in [0.2, 0.25) is 12.4 Å². The van der Waals surface area contributed by atoms with Gasteiger partial charge in [-0.15, -0.1) is 5.10 Å². The molecule has 2 aromatic rings. The van der Waals surface area contributed by atoms with E-state index in [2.05, 4.69) is 20.5 Å². The molecule has 1 amide bonds. The second kappa shape index (κ2) is 7.32. The van der Waals surface area contributed by atoms with Crippen LogP contribution in [-0.2, 0) is 11.0 Å². The first-order valence-corrected chi connectivity index (χ1v) is 8.02. The maximum Gasteiger partial charge on any atom is 0.416 e. The zero-order valence-electron chi connectivity index (χ0n) is 13.4. The number of nitrogens with zero attached hydrogens (tertiary/aromatic N) is 5. The molecule has 0 saturated carbocycles. The minimum atomic E-state index is -4.49. The Hall–Kier alpha value is -2.62. The number of alkyl halides is 3. The van der Waals surface area contributed by atoms with Crippen molar-refractivity contribution in [1.82, 2.24) is 20.1 Å². The van der Waals surface area contributed by atoms with E-state index in [1.165, 1.54) is 6.20 Å². The van der Waals surface area contributed by atoms with Gasteiger partial charge in [-0.1, -0.05) is 11.6 Å². The molecule has 1 aliphatic heterocycles. The Morgan fingerprint density at radius 3 is 2.58 bits per heavy atom. The van der Waals surface area contributed by atoms with Crippen molar-refractivity contribution in [2.45, 2.75) is 6.18 Å². The summed E-state index contributed by atoms with van der Waals surface area (Å²) in [4.78, 5) is 18.6. The number of aromatic nitrogens is 3. The molecule has 138 valence electrons. The van der Waals surface area contributed by atoms with Crippen molar-refractivity contribution in [2.75, 3.05) is 36.4 Å². The molecule has 1 saturated heterocycles. The van der Waals surface area contributed by atoms with E-state index in [9.17, 15) is 18.0 Å². The minimum absolute atomic E-state index is 0.0292. The molecule has 26 heavy (non-hydrogen) atoms. The van der Waals surface area contributed by atoms with Crippen LogP contribution in [0.25, 0.3) is 0 Å². The van der Waals surface area contributed by atoms with Gasteiger partial charge < -0.3 is 15.1 Å². The molecule has 1 aromatic heterocycles. The number of anilines is 3. The third-order valence-electron chi connectivity index (χ3n) is 3.87. The predicted molar refractivity (Wildman–Crippen MR) is 89.4 cm³/mol. The average Bonchev–Trinajstić information content (AvgIpc) is 2.63. The largest absolute Gasteiger partial charge is 0.416 e. The van der Waals surface area contributed by atoms with Gasteiger partial charge >= 0.3 is 6.18 Å². The van der Waals surface area contributed by atoms with Gasteiger partial charge in [0.15, 0.2) is 5.82 Å². The zero-order chi connectivity index (χ0) is 18.7. The Labute approximate surface area is 151 Å². The van der Waals surface area contributed by atoms with E-state index >= 15 is 0 Å². The lowest BCUT2D eigenvalue weighted by Gasteiger charge is -2.33. The van der Waals surface area contributed by atoms with Crippen LogP contribution in [0.1, 0.15) is 5.56 Å². The van der Waals surface area contributed by atoms with Gasteiger partial charge in [-0.05, 0) is 18.2 Å². The van der Waals surface area contributed by atoms with Crippen molar-refractivity contribution in [3.63, 3.8) is 0 Å². The van der Waals surface area contributed by atoms with Gasteiger partial charge in [0.1, 0.15) is 0 Å². The monoisotopic (exact) mass is 386 g/mol. The Balaban J connectivity index is 1.78. The molecule has 3 rings (SSSR count). The molecule has 0 bridgehead atoms. The lowest BCUT2D eigenvalue weighted by Crippen LogP contribution is -2.46. The SMILES string of the molecule is O=CN1CCN(c2cnnc(Nc3cc(C(F)(F)F)ccc3Cl)n2)CC1. The van der Waals surface area contributed by atoms with Crippen LogP contribution in [0.3, 0.4) is 0 Å². The summed E-state index contributed by atoms with van der Waals surface area (Å²) in [5.41, 5.74) is -0.801. The first-order chi connectivity index (χ1) is 12.4. The van der Waals surface area contributed by atoms with Gasteiger partial charge in [0.25, 0.3) is 0 Å². The molecule has 1 fully saturated rings. The number of hydrogen-bond donors (Lipinski definition) is 1. The second-order valence-corrected chi connectivity index (χ2v) is 5.99. The molecule has 0 radical (unpaired) electrons. The van der Waals surface area contributed by atoms with E-state index in [0.717, 1.165) is 24.6 Å². The molecular weight excluding hydrogens is 373 g/mol. The van der Waals surface area contributed by atoms with E-state index in [4.69, 9.17) is 11.6 Å². The third kappa shape index (κ3) is 4.13. The third-order valence-corrected chi connectivity index (χ3v) is 4.20. The Morgan fingerprint density at radius 2 is 1.92 bits per heavy atom. The lowest BCUT2D eigenvalue weighted by atomic mass is 10.2. The summed E-state index contributed by atoms with van der Waals surface area (Å²) in [5, 5.41) is 10.4. The van der Waals surface area contributed by atoms with Crippen LogP contribution in [0.4, 0.5) is 30.6 Å². The van der Waals surface area contributed by atoms with E-state index < -0.39 is 11.7 Å². The van der Waals surface area contributed by atoms with Crippen molar-refractivity contribution >= 4 is 35.5 Å². The normalized spacial score (nSPS) is 15.1. The molecule has 1 N–H and O–H groups in total. The van der Waals surface area contributed by atoms with Crippen molar-refractivity contribution in [3.8, 4) is 0 Å². The molecule has 0 atom stereocenters. The highest BCUT2D eigenvalue weighted by atomic mass is 35.5. The molecule has 0 unspecified atom stereocenters. The quantitative estimate of drug-likeness (QED) is 0.814. The van der Waals surface area contributed by atoms with Gasteiger partial charge in [-0.3, -0.25) is 4.79 Å². The second-order valence-electron chi connectivity index (χ2n) is 5.58. The minimum Gasteiger partial charge on any atom is -0.352 e. The molecule has 1 aromatic carbocycles. The van der Waals surface area contributed by atoms with Crippen molar-refractivity contribution in [2.24, 2.45) is 0 Å². The molecular formula is C15H14ClF3N6O. The van der Waals surface area contributed by atoms with Crippen LogP contribution in [0.5, 0.6) is 0 Å². The summed E-state index contributed by atoms with van der Waals surface area (Å²) in [6.07, 6.45) is -2.24. The highest BCUT2D eigenvalue weighted by Crippen LogP contribution is 2.34. The number of hydrogen-bond acceptors (Lipinski definition) is 6. The topological polar surface area (TPSA) is 74.2 Å². The maximum atomic E-state index is 12.9. The van der Waals surface area contributed by atoms with Crippen molar-refractivity contribution in [3.05, 3.63) is 35.0 Å². The summed E-state index contributed by atoms with van der Waals surface area (Å²) in [6, 6.07) is 2.94. The first-order valence-electron chi connectivity index (χ1n) is 7.64. The summed E-state index contributed by atoms with van der Waals surface area (Å²) in [5.74, 6) is 0.540. The average molecular weight is 387 g/mol. The van der Waals surface area contributed by atoms with E-state index in [1.807, 2.05) is 4.90 Å². The number of halogens is 4. The van der Waals surface area contributed by atoms with Crippen LogP contribution >= 0.6 is 11.6 Å². The van der Waals surface area contributed by atoms with E-state index in [-0.39, 0.29) is 16.7 Å². The number of nitrogens with one attached hydrogen (secondary N) is 1. The number of rotatable bonds is 4. The predicted octanol–water partition coefficient (Wildman–Crippen LogP) is 2.57. The summed E-state index contributed by atoms with van der Waals surface area (Å²) in [6.45, 7) is 2.24. The number of amides is 1. The Bertz CT molecular complexity index is 795. The lowest BCUT2D eigenvalue weighted by molar-refractivity contribution is -0.137. The zero-order valence-corrected chi connectivity index (χ0v) is 14.1. The van der Waals surface area contributed by atoms with E-state index in [1.54, 1.807) is 4.90 Å². The van der Waals surface area contributed by atoms with Gasteiger partial charge in [0.05, 0.1) is 22.5 Å². The molecule has 7 nitrogen and oxygen atoms in total. The van der Waals surface area contributed by atoms with Crippen LogP contribution in [0.15, 0.2) is 24.4 Å². The van der Waals surface area contributed by atoms with Gasteiger partial charge in [0, 0.05) is 26.2 Å². The summed E-state index contributed by atoms with van der Waals surface area (Å²) >= 11 is 5.96. The highest BCUT2D eigenvalue weighted by molar-refractivity contribution is 6.33. The number of piperazine rings is 1. The van der Waals surface area contributed by atoms with Gasteiger partial charge in [-0.2, -0.15) is 23.3 Å². The summed E-state index contributed by atoms with van der Waals surface area (Å²) < 4.78 is 38.6. The van der Waals surface area contributed by atoms with Crippen LogP contribution < -0.4 is 10.2 Å². The van der Waals surface area contributed by atoms with Gasteiger partial charge in [-0.25, -0.2) is 0 Å². The van der Waals surface area contributed by atoms with Crippen LogP contribution in [0, 0.1) is 0 Å². The van der Waals surface area contributed by atoms with Crippen molar-refractivity contribution in [1.29, 1.82) is 0 Å². The molecule has 11 heteroatoms. The van der Waals surface area contributed by atoms with Crippen LogP contribution in [0.2, 0.25) is 5.02 Å². The molecule has 2 heterocycles. The first kappa shape index (κ1) is 18.2. The van der Waals surface area contributed by atoms with E-state index in [0.29, 0.717) is 32.0 Å². The van der Waals surface area contributed by atoms with Crippen molar-refractivity contribution < 1.29 is 18.0 Å². The fraction of sp³-hybridized carbons (Fsp3) is 0.333. The highest BCUT2D eigenvalue weighted by Gasteiger charge is 2.31. The number of carbonyl (C=O) groups excluding carboxylic acids is 1.